The number of hydrogen-bond acceptors (Lipinski definition) is 7. The third kappa shape index (κ3) is 6.16. The predicted octanol–water partition coefficient (Wildman–Crippen LogP) is 6.53. The largest absolute Gasteiger partial charge is 0.490 e. The van der Waals surface area contributed by atoms with E-state index in [0.717, 1.165) is 16.7 Å². The number of rotatable bonds is 8. The van der Waals surface area contributed by atoms with E-state index < -0.39 is 21.3 Å². The van der Waals surface area contributed by atoms with Gasteiger partial charge in [0.25, 0.3) is 11.1 Å². The summed E-state index contributed by atoms with van der Waals surface area (Å²) in [7, 11) is -4.13. The summed E-state index contributed by atoms with van der Waals surface area (Å²) in [5, 5.41) is 0.383. The Morgan fingerprint density at radius 3 is 2.31 bits per heavy atom. The number of benzene rings is 3. The van der Waals surface area contributed by atoms with Gasteiger partial charge in [-0.3, -0.25) is 14.5 Å². The highest BCUT2D eigenvalue weighted by Crippen LogP contribution is 2.34. The first-order chi connectivity index (χ1) is 17.1. The standard InChI is InChI=1S/C24H16Cl3NO6S2/c25-16-6-8-17(9-7-16)36(31,32)34-21-10-5-15(13-19(21)27)14-22-23(29)28(24(30)35-22)11-12-33-20-4-2-1-3-18(20)26/h1-10,13-14H,11-12H2/b22-14-. The van der Waals surface area contributed by atoms with Crippen LogP contribution in [0.25, 0.3) is 6.08 Å². The summed E-state index contributed by atoms with van der Waals surface area (Å²) in [4.78, 5) is 26.3. The second kappa shape index (κ2) is 11.1. The fraction of sp³-hybridized carbons (Fsp3) is 0.0833. The zero-order valence-electron chi connectivity index (χ0n) is 18.2. The van der Waals surface area contributed by atoms with E-state index in [-0.39, 0.29) is 33.7 Å². The monoisotopic (exact) mass is 583 g/mol. The summed E-state index contributed by atoms with van der Waals surface area (Å²) >= 11 is 18.8. The maximum Gasteiger partial charge on any atom is 0.339 e. The smallest absolute Gasteiger partial charge is 0.339 e. The van der Waals surface area contributed by atoms with E-state index in [2.05, 4.69) is 0 Å². The lowest BCUT2D eigenvalue weighted by molar-refractivity contribution is -0.123. The maximum atomic E-state index is 12.7. The number of nitrogens with zero attached hydrogens (tertiary/aromatic N) is 1. The third-order valence-corrected chi connectivity index (χ3v) is 7.85. The molecule has 0 saturated carbocycles. The molecule has 0 unspecified atom stereocenters. The summed E-state index contributed by atoms with van der Waals surface area (Å²) in [5.41, 5.74) is 0.481. The lowest BCUT2D eigenvalue weighted by atomic mass is 10.2. The van der Waals surface area contributed by atoms with Crippen LogP contribution in [0, 0.1) is 0 Å². The van der Waals surface area contributed by atoms with Crippen LogP contribution in [0.4, 0.5) is 4.79 Å². The van der Waals surface area contributed by atoms with Gasteiger partial charge in [0.1, 0.15) is 17.3 Å². The number of carbonyl (C=O) groups excluding carboxylic acids is 2. The van der Waals surface area contributed by atoms with Gasteiger partial charge in [-0.1, -0.05) is 53.0 Å². The quantitative estimate of drug-likeness (QED) is 0.220. The van der Waals surface area contributed by atoms with Gasteiger partial charge in [-0.05, 0) is 71.9 Å². The van der Waals surface area contributed by atoms with Crippen molar-refractivity contribution in [1.82, 2.24) is 4.90 Å². The molecule has 12 heteroatoms. The minimum atomic E-state index is -4.13. The van der Waals surface area contributed by atoms with Crippen molar-refractivity contribution in [3.05, 3.63) is 92.3 Å². The van der Waals surface area contributed by atoms with Crippen LogP contribution in [0.15, 0.2) is 76.5 Å². The summed E-state index contributed by atoms with van der Waals surface area (Å²) in [6.45, 7) is 0.123. The van der Waals surface area contributed by atoms with Crippen LogP contribution < -0.4 is 8.92 Å². The van der Waals surface area contributed by atoms with Crippen LogP contribution in [0.3, 0.4) is 0 Å². The molecule has 2 amide bonds. The molecule has 0 spiro atoms. The molecule has 1 saturated heterocycles. The molecule has 1 fully saturated rings. The molecule has 0 aliphatic carbocycles. The van der Waals surface area contributed by atoms with Gasteiger partial charge in [0.05, 0.1) is 21.5 Å². The molecule has 1 heterocycles. The average Bonchev–Trinajstić information content (AvgIpc) is 3.09. The van der Waals surface area contributed by atoms with E-state index in [0.29, 0.717) is 21.4 Å². The fourth-order valence-corrected chi connectivity index (χ4v) is 5.50. The van der Waals surface area contributed by atoms with E-state index >= 15 is 0 Å². The fourth-order valence-electron chi connectivity index (χ4n) is 3.09. The summed E-state index contributed by atoms with van der Waals surface area (Å²) < 4.78 is 35.7. The van der Waals surface area contributed by atoms with Gasteiger partial charge >= 0.3 is 10.1 Å². The average molecular weight is 585 g/mol. The Bertz CT molecular complexity index is 1460. The maximum absolute atomic E-state index is 12.7. The van der Waals surface area contributed by atoms with Crippen molar-refractivity contribution in [2.75, 3.05) is 13.2 Å². The molecule has 1 aliphatic heterocycles. The Kier molecular flexibility index (Phi) is 8.17. The summed E-state index contributed by atoms with van der Waals surface area (Å²) in [6.07, 6.45) is 1.49. The first-order valence-corrected chi connectivity index (χ1v) is 13.6. The highest BCUT2D eigenvalue weighted by molar-refractivity contribution is 8.18. The Labute approximate surface area is 226 Å². The van der Waals surface area contributed by atoms with Crippen molar-refractivity contribution in [3.8, 4) is 11.5 Å². The summed E-state index contributed by atoms with van der Waals surface area (Å²) in [5.74, 6) is -0.111. The number of para-hydroxylation sites is 1. The van der Waals surface area contributed by atoms with Crippen LogP contribution in [0.2, 0.25) is 15.1 Å². The topological polar surface area (TPSA) is 90.0 Å². The van der Waals surface area contributed by atoms with Gasteiger partial charge in [-0.25, -0.2) is 0 Å². The number of amides is 2. The number of imide groups is 1. The molecule has 7 nitrogen and oxygen atoms in total. The number of hydrogen-bond donors (Lipinski definition) is 0. The van der Waals surface area contributed by atoms with Crippen LogP contribution in [0.1, 0.15) is 5.56 Å². The minimum absolute atomic E-state index is 0.00802. The number of thioether (sulfide) groups is 1. The molecule has 1 aliphatic rings. The van der Waals surface area contributed by atoms with Gasteiger partial charge in [0, 0.05) is 5.02 Å². The number of carbonyl (C=O) groups is 2. The Morgan fingerprint density at radius 2 is 1.61 bits per heavy atom. The van der Waals surface area contributed by atoms with Crippen molar-refractivity contribution < 1.29 is 26.9 Å². The number of ether oxygens (including phenoxy) is 1. The van der Waals surface area contributed by atoms with Gasteiger partial charge in [0.2, 0.25) is 0 Å². The second-order valence-electron chi connectivity index (χ2n) is 7.29. The van der Waals surface area contributed by atoms with E-state index in [9.17, 15) is 18.0 Å². The molecule has 0 atom stereocenters. The van der Waals surface area contributed by atoms with E-state index in [4.69, 9.17) is 43.7 Å². The molecule has 3 aromatic carbocycles. The zero-order chi connectivity index (χ0) is 25.9. The Hall–Kier alpha value is -2.69. The van der Waals surface area contributed by atoms with Gasteiger partial charge in [-0.15, -0.1) is 0 Å². The molecule has 4 rings (SSSR count). The normalized spacial score (nSPS) is 15.0. The first kappa shape index (κ1) is 26.4. The Morgan fingerprint density at radius 1 is 0.889 bits per heavy atom. The zero-order valence-corrected chi connectivity index (χ0v) is 22.1. The molecular weight excluding hydrogens is 569 g/mol. The molecule has 0 bridgehead atoms. The van der Waals surface area contributed by atoms with Crippen molar-refractivity contribution in [3.63, 3.8) is 0 Å². The van der Waals surface area contributed by atoms with Gasteiger partial charge < -0.3 is 8.92 Å². The molecule has 0 N–H and O–H groups in total. The highest BCUT2D eigenvalue weighted by Gasteiger charge is 2.35. The molecular formula is C24H16Cl3NO6S2. The summed E-state index contributed by atoms with van der Waals surface area (Å²) in [6, 6.07) is 16.7. The van der Waals surface area contributed by atoms with Gasteiger partial charge in [0.15, 0.2) is 5.75 Å². The predicted molar refractivity (Wildman–Crippen MR) is 140 cm³/mol. The van der Waals surface area contributed by atoms with Crippen LogP contribution in [-0.2, 0) is 14.9 Å². The van der Waals surface area contributed by atoms with Crippen LogP contribution in [0.5, 0.6) is 11.5 Å². The minimum Gasteiger partial charge on any atom is -0.490 e. The SMILES string of the molecule is O=C1S/C(=C\c2ccc(OS(=O)(=O)c3ccc(Cl)cc3)c(Cl)c2)C(=O)N1CCOc1ccccc1Cl. The van der Waals surface area contributed by atoms with Crippen molar-refractivity contribution >= 4 is 73.9 Å². The Balaban J connectivity index is 1.43. The van der Waals surface area contributed by atoms with Crippen molar-refractivity contribution in [2.45, 2.75) is 4.90 Å². The van der Waals surface area contributed by atoms with E-state index in [1.807, 2.05) is 0 Å². The third-order valence-electron chi connectivity index (χ3n) is 4.84. The molecule has 36 heavy (non-hydrogen) atoms. The lowest BCUT2D eigenvalue weighted by Gasteiger charge is -2.13. The van der Waals surface area contributed by atoms with E-state index in [1.165, 1.54) is 48.5 Å². The van der Waals surface area contributed by atoms with Crippen LogP contribution in [-0.4, -0.2) is 37.6 Å². The van der Waals surface area contributed by atoms with E-state index in [1.54, 1.807) is 24.3 Å². The molecule has 3 aromatic rings. The lowest BCUT2D eigenvalue weighted by Crippen LogP contribution is -2.32. The number of halogens is 3. The van der Waals surface area contributed by atoms with Crippen LogP contribution >= 0.6 is 46.6 Å². The van der Waals surface area contributed by atoms with Gasteiger partial charge in [-0.2, -0.15) is 8.42 Å². The second-order valence-corrected chi connectivity index (χ2v) is 11.1. The molecule has 0 radical (unpaired) electrons. The van der Waals surface area contributed by atoms with Crippen molar-refractivity contribution in [2.24, 2.45) is 0 Å². The van der Waals surface area contributed by atoms with Crippen molar-refractivity contribution in [1.29, 1.82) is 0 Å². The first-order valence-electron chi connectivity index (χ1n) is 10.3. The highest BCUT2D eigenvalue weighted by atomic mass is 35.5. The molecule has 0 aromatic heterocycles. The molecule has 186 valence electrons.